The number of fused-ring (bicyclic) bond motifs is 4. The molecule has 2 aromatic heterocycles. The molecule has 0 saturated carbocycles. The van der Waals surface area contributed by atoms with Crippen LogP contribution < -0.4 is 25.4 Å². The fourth-order valence-electron chi connectivity index (χ4n) is 5.33. The number of para-hydroxylation sites is 1. The van der Waals surface area contributed by atoms with Gasteiger partial charge in [0, 0.05) is 43.0 Å². The van der Waals surface area contributed by atoms with Crippen molar-refractivity contribution in [1.82, 2.24) is 14.5 Å². The highest BCUT2D eigenvalue weighted by Gasteiger charge is 2.33. The number of aromatic nitrogens is 3. The second-order valence-corrected chi connectivity index (χ2v) is 11.4. The Labute approximate surface area is 244 Å². The fourth-order valence-corrected chi connectivity index (χ4v) is 5.33. The zero-order valence-corrected chi connectivity index (χ0v) is 24.3. The summed E-state index contributed by atoms with van der Waals surface area (Å²) in [4.78, 5) is 40.4. The van der Waals surface area contributed by atoms with E-state index in [1.54, 1.807) is 15.7 Å². The highest BCUT2D eigenvalue weighted by molar-refractivity contribution is 5.97. The number of rotatable bonds is 1. The second-order valence-electron chi connectivity index (χ2n) is 11.4. The molecule has 0 radical (unpaired) electrons. The molecule has 216 valence electrons. The molecule has 0 saturated heterocycles. The van der Waals surface area contributed by atoms with E-state index in [1.807, 2.05) is 93.3 Å². The van der Waals surface area contributed by atoms with Gasteiger partial charge >= 0.3 is 6.09 Å². The number of carbonyl (C=O) groups is 1. The molecule has 0 atom stereocenters. The molecular formula is C32H34N6O4. The molecule has 4 heterocycles. The molecular weight excluding hydrogens is 532 g/mol. The van der Waals surface area contributed by atoms with Crippen molar-refractivity contribution in [3.05, 3.63) is 82.8 Å². The molecule has 10 nitrogen and oxygen atoms in total. The molecule has 1 amide bonds. The van der Waals surface area contributed by atoms with Gasteiger partial charge in [-0.25, -0.2) is 9.78 Å². The van der Waals surface area contributed by atoms with Crippen molar-refractivity contribution >= 4 is 45.8 Å². The standard InChI is InChI=1S/C32H34N6O4/c1-21-10-8-13-25-27(21)37(31(40)42-32(2,3)4)16-15-36(25)26-18-22-20-33-30-34-23-11-9-12-24(19-23)41-17-7-5-6-14-38(29(26)39)28(22)35-30/h5,7-13,18-20H,6,14-17H2,1-4H3,(H,33,34,35)/b7-5+. The lowest BCUT2D eigenvalue weighted by atomic mass is 10.1. The van der Waals surface area contributed by atoms with Crippen molar-refractivity contribution in [3.63, 3.8) is 0 Å². The Bertz CT molecular complexity index is 1760. The summed E-state index contributed by atoms with van der Waals surface area (Å²) in [5.74, 6) is 1.13. The second kappa shape index (κ2) is 10.8. The zero-order valence-electron chi connectivity index (χ0n) is 24.3. The minimum absolute atomic E-state index is 0.163. The van der Waals surface area contributed by atoms with Crippen molar-refractivity contribution < 1.29 is 14.3 Å². The van der Waals surface area contributed by atoms with E-state index < -0.39 is 11.7 Å². The average molecular weight is 567 g/mol. The van der Waals surface area contributed by atoms with Gasteiger partial charge in [0.05, 0.1) is 11.4 Å². The first-order chi connectivity index (χ1) is 20.2. The summed E-state index contributed by atoms with van der Waals surface area (Å²) in [6.07, 6.45) is 5.92. The molecule has 0 aliphatic carbocycles. The van der Waals surface area contributed by atoms with Crippen LogP contribution in [0, 0.1) is 6.92 Å². The Morgan fingerprint density at radius 2 is 1.86 bits per heavy atom. The number of aryl methyl sites for hydroxylation is 2. The first-order valence-corrected chi connectivity index (χ1v) is 14.1. The number of allylic oxidation sites excluding steroid dienone is 1. The molecule has 2 aliphatic heterocycles. The Balaban J connectivity index is 1.45. The molecule has 4 aromatic rings. The Morgan fingerprint density at radius 1 is 1.02 bits per heavy atom. The van der Waals surface area contributed by atoms with Gasteiger partial charge in [-0.05, 0) is 63.9 Å². The largest absolute Gasteiger partial charge is 0.489 e. The maximum Gasteiger partial charge on any atom is 0.414 e. The number of benzene rings is 2. The van der Waals surface area contributed by atoms with E-state index >= 15 is 0 Å². The van der Waals surface area contributed by atoms with Gasteiger partial charge in [0.1, 0.15) is 29.3 Å². The summed E-state index contributed by atoms with van der Waals surface area (Å²) in [5.41, 5.74) is 3.48. The van der Waals surface area contributed by atoms with Crippen LogP contribution in [0.2, 0.25) is 0 Å². The zero-order chi connectivity index (χ0) is 29.4. The van der Waals surface area contributed by atoms with Gasteiger partial charge < -0.3 is 19.7 Å². The molecule has 1 N–H and O–H groups in total. The van der Waals surface area contributed by atoms with Crippen LogP contribution in [0.1, 0.15) is 32.8 Å². The maximum absolute atomic E-state index is 14.2. The van der Waals surface area contributed by atoms with Crippen LogP contribution in [0.5, 0.6) is 5.75 Å². The molecule has 0 fully saturated rings. The van der Waals surface area contributed by atoms with Crippen molar-refractivity contribution in [2.24, 2.45) is 0 Å². The topological polar surface area (TPSA) is 102 Å². The lowest BCUT2D eigenvalue weighted by molar-refractivity contribution is 0.0580. The molecule has 0 unspecified atom stereocenters. The number of pyridine rings is 1. The number of hydrogen-bond acceptors (Lipinski definition) is 8. The summed E-state index contributed by atoms with van der Waals surface area (Å²) in [6, 6.07) is 15.3. The van der Waals surface area contributed by atoms with E-state index in [-0.39, 0.29) is 5.56 Å². The summed E-state index contributed by atoms with van der Waals surface area (Å²) in [7, 11) is 0. The Kier molecular flexibility index (Phi) is 7.06. The number of carbonyl (C=O) groups excluding carboxylic acids is 1. The third kappa shape index (κ3) is 5.39. The van der Waals surface area contributed by atoms with E-state index in [1.165, 1.54) is 0 Å². The first kappa shape index (κ1) is 27.3. The predicted molar refractivity (Wildman–Crippen MR) is 165 cm³/mol. The molecule has 2 aromatic carbocycles. The molecule has 4 bridgehead atoms. The van der Waals surface area contributed by atoms with Gasteiger partial charge in [-0.15, -0.1) is 0 Å². The highest BCUT2D eigenvalue weighted by Crippen LogP contribution is 2.40. The third-order valence-electron chi connectivity index (χ3n) is 7.16. The molecule has 0 spiro atoms. The van der Waals surface area contributed by atoms with Crippen LogP contribution in [0.4, 0.5) is 33.5 Å². The smallest absolute Gasteiger partial charge is 0.414 e. The van der Waals surface area contributed by atoms with Crippen LogP contribution >= 0.6 is 0 Å². The van der Waals surface area contributed by atoms with Crippen LogP contribution in [-0.4, -0.2) is 45.9 Å². The summed E-state index contributed by atoms with van der Waals surface area (Å²) in [5, 5.41) is 3.98. The number of anilines is 5. The maximum atomic E-state index is 14.2. The number of amides is 1. The van der Waals surface area contributed by atoms with E-state index in [9.17, 15) is 9.59 Å². The van der Waals surface area contributed by atoms with Gasteiger partial charge in [-0.1, -0.05) is 30.4 Å². The van der Waals surface area contributed by atoms with Crippen molar-refractivity contribution in [1.29, 1.82) is 0 Å². The number of hydrogen-bond donors (Lipinski definition) is 1. The van der Waals surface area contributed by atoms with E-state index in [4.69, 9.17) is 14.5 Å². The Hall–Kier alpha value is -4.86. The summed E-state index contributed by atoms with van der Waals surface area (Å²) < 4.78 is 13.3. The van der Waals surface area contributed by atoms with Crippen LogP contribution in [0.25, 0.3) is 11.0 Å². The van der Waals surface area contributed by atoms with E-state index in [0.29, 0.717) is 49.9 Å². The van der Waals surface area contributed by atoms with Gasteiger partial charge in [0.15, 0.2) is 0 Å². The molecule has 10 heteroatoms. The first-order valence-electron chi connectivity index (χ1n) is 14.1. The lowest BCUT2D eigenvalue weighted by Crippen LogP contribution is -2.46. The van der Waals surface area contributed by atoms with Crippen LogP contribution in [0.15, 0.2) is 71.7 Å². The van der Waals surface area contributed by atoms with Crippen LogP contribution in [-0.2, 0) is 11.3 Å². The van der Waals surface area contributed by atoms with Crippen molar-refractivity contribution in [2.45, 2.75) is 46.3 Å². The highest BCUT2D eigenvalue weighted by atomic mass is 16.6. The lowest BCUT2D eigenvalue weighted by Gasteiger charge is -2.39. The summed E-state index contributed by atoms with van der Waals surface area (Å²) >= 11 is 0. The van der Waals surface area contributed by atoms with Gasteiger partial charge in [-0.2, -0.15) is 4.98 Å². The van der Waals surface area contributed by atoms with Crippen molar-refractivity contribution in [3.8, 4) is 5.75 Å². The quantitative estimate of drug-likeness (QED) is 0.277. The van der Waals surface area contributed by atoms with Gasteiger partial charge in [-0.3, -0.25) is 14.3 Å². The fraction of sp³-hybridized carbons (Fsp3) is 0.312. The van der Waals surface area contributed by atoms with Crippen molar-refractivity contribution in [2.75, 3.05) is 34.8 Å². The third-order valence-corrected chi connectivity index (χ3v) is 7.16. The number of ether oxygens (including phenoxy) is 2. The van der Waals surface area contributed by atoms with Crippen LogP contribution in [0.3, 0.4) is 0 Å². The molecule has 6 rings (SSSR count). The number of nitrogens with one attached hydrogen (secondary N) is 1. The van der Waals surface area contributed by atoms with E-state index in [2.05, 4.69) is 10.3 Å². The minimum atomic E-state index is -0.626. The summed E-state index contributed by atoms with van der Waals surface area (Å²) in [6.45, 7) is 9.16. The predicted octanol–water partition coefficient (Wildman–Crippen LogP) is 6.08. The molecule has 2 aliphatic rings. The van der Waals surface area contributed by atoms with Gasteiger partial charge in [0.2, 0.25) is 5.95 Å². The normalized spacial score (nSPS) is 15.8. The monoisotopic (exact) mass is 566 g/mol. The number of nitrogens with zero attached hydrogens (tertiary/aromatic N) is 5. The minimum Gasteiger partial charge on any atom is -0.489 e. The van der Waals surface area contributed by atoms with Gasteiger partial charge in [0.25, 0.3) is 5.56 Å². The average Bonchev–Trinajstić information content (AvgIpc) is 2.94. The molecule has 42 heavy (non-hydrogen) atoms. The Morgan fingerprint density at radius 3 is 2.69 bits per heavy atom. The SMILES string of the molecule is Cc1cccc2c1N(C(=O)OC(C)(C)C)CCN2c1cc2cnc3nc2n(c1=O)CC/C=C/COc1cccc(c1)N3. The van der Waals surface area contributed by atoms with E-state index in [0.717, 1.165) is 33.8 Å².